The van der Waals surface area contributed by atoms with Crippen LogP contribution in [0.5, 0.6) is 11.5 Å². The molecule has 4 rings (SSSR count). The van der Waals surface area contributed by atoms with E-state index in [0.717, 1.165) is 23.2 Å². The second-order valence-electron chi connectivity index (χ2n) is 8.35. The standard InChI is InChI=1S/C27H22Br2F3N3O3/c1-4-15(2)38-24-21(37-3)13-17(22(28)23(24)29)14-33-35-25(16-8-7-9-18(12-16)27(30,31)32)34-20-11-6-5-10-19(20)26(35)36/h5-15H,4H2,1-3H3/t15-/m1/s1. The fourth-order valence-electron chi connectivity index (χ4n) is 3.62. The van der Waals surface area contributed by atoms with E-state index in [4.69, 9.17) is 9.47 Å². The van der Waals surface area contributed by atoms with Crippen LogP contribution in [0.2, 0.25) is 0 Å². The van der Waals surface area contributed by atoms with Gasteiger partial charge in [-0.1, -0.05) is 31.2 Å². The first-order valence-corrected chi connectivity index (χ1v) is 13.1. The highest BCUT2D eigenvalue weighted by atomic mass is 79.9. The van der Waals surface area contributed by atoms with Gasteiger partial charge in [-0.2, -0.15) is 22.9 Å². The van der Waals surface area contributed by atoms with Crippen LogP contribution in [0.1, 0.15) is 31.4 Å². The predicted octanol–water partition coefficient (Wildman–Crippen LogP) is 7.68. The van der Waals surface area contributed by atoms with Gasteiger partial charge in [0.1, 0.15) is 0 Å². The van der Waals surface area contributed by atoms with Crippen LogP contribution in [-0.2, 0) is 6.18 Å². The van der Waals surface area contributed by atoms with E-state index in [9.17, 15) is 18.0 Å². The summed E-state index contributed by atoms with van der Waals surface area (Å²) in [6, 6.07) is 12.9. The van der Waals surface area contributed by atoms with Gasteiger partial charge < -0.3 is 9.47 Å². The van der Waals surface area contributed by atoms with Crippen LogP contribution >= 0.6 is 31.9 Å². The topological polar surface area (TPSA) is 65.7 Å². The van der Waals surface area contributed by atoms with Crippen molar-refractivity contribution >= 4 is 49.0 Å². The fourth-order valence-corrected chi connectivity index (χ4v) is 4.53. The van der Waals surface area contributed by atoms with Crippen molar-refractivity contribution in [3.05, 3.63) is 85.0 Å². The molecule has 11 heteroatoms. The van der Waals surface area contributed by atoms with Crippen LogP contribution in [-0.4, -0.2) is 29.1 Å². The first-order chi connectivity index (χ1) is 18.0. The average molecular weight is 653 g/mol. The monoisotopic (exact) mass is 651 g/mol. The van der Waals surface area contributed by atoms with Gasteiger partial charge in [-0.05, 0) is 75.5 Å². The number of alkyl halides is 3. The van der Waals surface area contributed by atoms with Crippen LogP contribution in [0.3, 0.4) is 0 Å². The van der Waals surface area contributed by atoms with Crippen LogP contribution in [0.25, 0.3) is 22.3 Å². The summed E-state index contributed by atoms with van der Waals surface area (Å²) in [4.78, 5) is 17.9. The number of methoxy groups -OCH3 is 1. The highest BCUT2D eigenvalue weighted by molar-refractivity contribution is 9.13. The third-order valence-electron chi connectivity index (χ3n) is 5.78. The first-order valence-electron chi connectivity index (χ1n) is 11.5. The summed E-state index contributed by atoms with van der Waals surface area (Å²) in [5.74, 6) is 0.902. The van der Waals surface area contributed by atoms with Crippen molar-refractivity contribution < 1.29 is 22.6 Å². The van der Waals surface area contributed by atoms with E-state index in [1.165, 1.54) is 25.5 Å². The minimum absolute atomic E-state index is 0.0325. The van der Waals surface area contributed by atoms with Gasteiger partial charge in [-0.3, -0.25) is 4.79 Å². The molecule has 0 saturated heterocycles. The summed E-state index contributed by atoms with van der Waals surface area (Å²) in [7, 11) is 1.50. The lowest BCUT2D eigenvalue weighted by Crippen LogP contribution is -2.20. The van der Waals surface area contributed by atoms with Gasteiger partial charge in [-0.25, -0.2) is 4.98 Å². The van der Waals surface area contributed by atoms with Gasteiger partial charge in [0.2, 0.25) is 0 Å². The van der Waals surface area contributed by atoms with Crippen molar-refractivity contribution in [2.24, 2.45) is 5.10 Å². The van der Waals surface area contributed by atoms with Crippen molar-refractivity contribution in [1.29, 1.82) is 0 Å². The highest BCUT2D eigenvalue weighted by Gasteiger charge is 2.31. The quantitative estimate of drug-likeness (QED) is 0.192. The van der Waals surface area contributed by atoms with Crippen LogP contribution in [0.4, 0.5) is 13.2 Å². The molecule has 0 fully saturated rings. The SMILES string of the molecule is CC[C@@H](C)Oc1c(OC)cc(C=Nn2c(-c3cccc(C(F)(F)F)c3)nc3ccccc3c2=O)c(Br)c1Br. The number of hydrogen-bond donors (Lipinski definition) is 0. The van der Waals surface area contributed by atoms with Gasteiger partial charge in [-0.15, -0.1) is 0 Å². The number of nitrogens with zero attached hydrogens (tertiary/aromatic N) is 3. The fraction of sp³-hybridized carbons (Fsp3) is 0.222. The Morgan fingerprint density at radius 3 is 2.53 bits per heavy atom. The molecule has 198 valence electrons. The molecule has 0 amide bonds. The van der Waals surface area contributed by atoms with Gasteiger partial charge >= 0.3 is 6.18 Å². The Balaban J connectivity index is 1.90. The lowest BCUT2D eigenvalue weighted by atomic mass is 10.1. The maximum Gasteiger partial charge on any atom is 0.416 e. The first kappa shape index (κ1) is 27.8. The zero-order chi connectivity index (χ0) is 27.6. The molecule has 0 unspecified atom stereocenters. The van der Waals surface area contributed by atoms with Crippen LogP contribution in [0.15, 0.2) is 73.4 Å². The Bertz CT molecular complexity index is 1590. The third-order valence-corrected chi connectivity index (χ3v) is 7.93. The molecule has 3 aromatic carbocycles. The van der Waals surface area contributed by atoms with Gasteiger partial charge in [0.15, 0.2) is 17.3 Å². The molecule has 0 bridgehead atoms. The molecular formula is C27H22Br2F3N3O3. The van der Waals surface area contributed by atoms with E-state index < -0.39 is 17.3 Å². The summed E-state index contributed by atoms with van der Waals surface area (Å²) >= 11 is 7.06. The number of halogens is 5. The molecule has 0 spiro atoms. The molecule has 0 N–H and O–H groups in total. The molecule has 6 nitrogen and oxygen atoms in total. The van der Waals surface area contributed by atoms with Gasteiger partial charge in [0, 0.05) is 15.6 Å². The third kappa shape index (κ3) is 5.63. The number of aromatic nitrogens is 2. The molecule has 38 heavy (non-hydrogen) atoms. The van der Waals surface area contributed by atoms with E-state index >= 15 is 0 Å². The Kier molecular flexibility index (Phi) is 8.27. The van der Waals surface area contributed by atoms with E-state index in [0.29, 0.717) is 31.5 Å². The molecule has 0 aliphatic heterocycles. The number of fused-ring (bicyclic) bond motifs is 1. The molecule has 1 aromatic heterocycles. The van der Waals surface area contributed by atoms with Gasteiger partial charge in [0.05, 0.1) is 40.4 Å². The number of ether oxygens (including phenoxy) is 2. The molecule has 1 atom stereocenters. The Morgan fingerprint density at radius 2 is 1.84 bits per heavy atom. The zero-order valence-corrected chi connectivity index (χ0v) is 23.7. The Hall–Kier alpha value is -3.18. The molecule has 0 saturated carbocycles. The van der Waals surface area contributed by atoms with Crippen molar-refractivity contribution in [3.8, 4) is 22.9 Å². The van der Waals surface area contributed by atoms with Gasteiger partial charge in [0.25, 0.3) is 5.56 Å². The summed E-state index contributed by atoms with van der Waals surface area (Å²) in [5.41, 5.74) is -0.428. The van der Waals surface area contributed by atoms with E-state index in [1.54, 1.807) is 30.3 Å². The van der Waals surface area contributed by atoms with Crippen molar-refractivity contribution in [3.63, 3.8) is 0 Å². The summed E-state index contributed by atoms with van der Waals surface area (Å²) in [6.07, 6.45) is -2.44. The molecule has 0 aliphatic carbocycles. The van der Waals surface area contributed by atoms with Crippen molar-refractivity contribution in [1.82, 2.24) is 9.66 Å². The maximum atomic E-state index is 13.4. The lowest BCUT2D eigenvalue weighted by molar-refractivity contribution is -0.137. The number of rotatable bonds is 7. The normalized spacial score (nSPS) is 12.7. The number of para-hydroxylation sites is 1. The largest absolute Gasteiger partial charge is 0.493 e. The molecule has 4 aromatic rings. The average Bonchev–Trinajstić information content (AvgIpc) is 2.91. The van der Waals surface area contributed by atoms with E-state index in [2.05, 4.69) is 41.9 Å². The van der Waals surface area contributed by atoms with E-state index in [-0.39, 0.29) is 22.9 Å². The van der Waals surface area contributed by atoms with E-state index in [1.807, 2.05) is 13.8 Å². The molecule has 1 heterocycles. The lowest BCUT2D eigenvalue weighted by Gasteiger charge is -2.18. The second-order valence-corrected chi connectivity index (χ2v) is 9.94. The molecule has 0 aliphatic rings. The second kappa shape index (κ2) is 11.3. The summed E-state index contributed by atoms with van der Waals surface area (Å²) in [6.45, 7) is 3.93. The van der Waals surface area contributed by atoms with Crippen LogP contribution in [0, 0.1) is 0 Å². The predicted molar refractivity (Wildman–Crippen MR) is 148 cm³/mol. The minimum Gasteiger partial charge on any atom is -0.493 e. The summed E-state index contributed by atoms with van der Waals surface area (Å²) < 4.78 is 53.9. The smallest absolute Gasteiger partial charge is 0.416 e. The number of hydrogen-bond acceptors (Lipinski definition) is 5. The molecular weight excluding hydrogens is 631 g/mol. The van der Waals surface area contributed by atoms with Crippen LogP contribution < -0.4 is 15.0 Å². The zero-order valence-electron chi connectivity index (χ0n) is 20.5. The highest BCUT2D eigenvalue weighted by Crippen LogP contribution is 2.43. The van der Waals surface area contributed by atoms with Crippen molar-refractivity contribution in [2.45, 2.75) is 32.5 Å². The van der Waals surface area contributed by atoms with Crippen molar-refractivity contribution in [2.75, 3.05) is 7.11 Å². The Labute approximate surface area is 233 Å². The maximum absolute atomic E-state index is 13.4. The minimum atomic E-state index is -4.56. The Morgan fingerprint density at radius 1 is 1.11 bits per heavy atom. The number of benzene rings is 3. The molecule has 0 radical (unpaired) electrons. The summed E-state index contributed by atoms with van der Waals surface area (Å²) in [5, 5.41) is 4.64.